The number of urea groups is 1. The van der Waals surface area contributed by atoms with Crippen LogP contribution in [0.15, 0.2) is 18.2 Å². The van der Waals surface area contributed by atoms with Crippen molar-refractivity contribution in [1.82, 2.24) is 9.88 Å². The number of nitrogens with one attached hydrogen (secondary N) is 1. The van der Waals surface area contributed by atoms with E-state index < -0.39 is 0 Å². The molecule has 0 aliphatic carbocycles. The summed E-state index contributed by atoms with van der Waals surface area (Å²) >= 11 is 1.38. The fourth-order valence-corrected chi connectivity index (χ4v) is 3.36. The summed E-state index contributed by atoms with van der Waals surface area (Å²) in [7, 11) is 1.58. The molecule has 7 nitrogen and oxygen atoms in total. The molecule has 1 fully saturated rings. The fraction of sp³-hybridized carbons (Fsp3) is 0.357. The summed E-state index contributed by atoms with van der Waals surface area (Å²) in [6.45, 7) is 0.878. The summed E-state index contributed by atoms with van der Waals surface area (Å²) in [5.41, 5.74) is 6.00. The third kappa shape index (κ3) is 2.69. The maximum atomic E-state index is 12.2. The molecule has 3 N–H and O–H groups in total. The standard InChI is InChI=1S/C14H16N4O3S/c1-21-9-3-2-4-10-11(9)16-13(22-10)17-14(20)18-6-5-8(7-18)12(15)19/h2-4,8H,5-7H2,1H3,(H2,15,19)(H,16,17,20)/t8-/m0/s1. The summed E-state index contributed by atoms with van der Waals surface area (Å²) in [5.74, 6) is 0.0467. The Morgan fingerprint density at radius 3 is 3.00 bits per heavy atom. The number of primary amides is 1. The van der Waals surface area contributed by atoms with Crippen molar-refractivity contribution in [2.45, 2.75) is 6.42 Å². The third-order valence-corrected chi connectivity index (χ3v) is 4.63. The fourth-order valence-electron chi connectivity index (χ4n) is 2.49. The zero-order valence-electron chi connectivity index (χ0n) is 12.0. The second-order valence-electron chi connectivity index (χ2n) is 5.09. The molecule has 3 rings (SSSR count). The number of likely N-dealkylation sites (tertiary alicyclic amines) is 1. The molecule has 8 heteroatoms. The van der Waals surface area contributed by atoms with E-state index in [9.17, 15) is 9.59 Å². The van der Waals surface area contributed by atoms with Gasteiger partial charge in [0.05, 0.1) is 17.7 Å². The van der Waals surface area contributed by atoms with Gasteiger partial charge in [-0.25, -0.2) is 9.78 Å². The highest BCUT2D eigenvalue weighted by atomic mass is 32.1. The number of para-hydroxylation sites is 1. The lowest BCUT2D eigenvalue weighted by Crippen LogP contribution is -2.34. The first-order valence-corrected chi connectivity index (χ1v) is 7.69. The Hall–Kier alpha value is -2.35. The number of hydrogen-bond acceptors (Lipinski definition) is 5. The number of amides is 3. The maximum absolute atomic E-state index is 12.2. The summed E-state index contributed by atoms with van der Waals surface area (Å²) in [6.07, 6.45) is 0.608. The van der Waals surface area contributed by atoms with Gasteiger partial charge in [-0.3, -0.25) is 10.1 Å². The molecule has 0 spiro atoms. The van der Waals surface area contributed by atoms with Crippen molar-refractivity contribution in [3.05, 3.63) is 18.2 Å². The molecule has 1 atom stereocenters. The predicted molar refractivity (Wildman–Crippen MR) is 84.1 cm³/mol. The van der Waals surface area contributed by atoms with Crippen molar-refractivity contribution in [1.29, 1.82) is 0 Å². The van der Waals surface area contributed by atoms with Gasteiger partial charge in [0.1, 0.15) is 11.3 Å². The summed E-state index contributed by atoms with van der Waals surface area (Å²) in [6, 6.07) is 5.36. The van der Waals surface area contributed by atoms with Gasteiger partial charge in [-0.05, 0) is 18.6 Å². The van der Waals surface area contributed by atoms with Crippen LogP contribution >= 0.6 is 11.3 Å². The monoisotopic (exact) mass is 320 g/mol. The van der Waals surface area contributed by atoms with Crippen LogP contribution in [0, 0.1) is 5.92 Å². The Kier molecular flexibility index (Phi) is 3.84. The van der Waals surface area contributed by atoms with E-state index in [1.165, 1.54) is 11.3 Å². The number of nitrogens with two attached hydrogens (primary N) is 1. The van der Waals surface area contributed by atoms with Crippen LogP contribution in [0.25, 0.3) is 10.2 Å². The first-order chi connectivity index (χ1) is 10.6. The van der Waals surface area contributed by atoms with Crippen LogP contribution in [0.1, 0.15) is 6.42 Å². The van der Waals surface area contributed by atoms with E-state index in [1.54, 1.807) is 12.0 Å². The van der Waals surface area contributed by atoms with Gasteiger partial charge in [-0.15, -0.1) is 0 Å². The van der Waals surface area contributed by atoms with E-state index in [0.717, 1.165) is 10.2 Å². The van der Waals surface area contributed by atoms with Crippen LogP contribution in [-0.4, -0.2) is 42.0 Å². The number of benzene rings is 1. The molecular formula is C14H16N4O3S. The zero-order valence-corrected chi connectivity index (χ0v) is 12.9. The van der Waals surface area contributed by atoms with Crippen molar-refractivity contribution < 1.29 is 14.3 Å². The smallest absolute Gasteiger partial charge is 0.323 e. The van der Waals surface area contributed by atoms with Crippen molar-refractivity contribution in [3.8, 4) is 5.75 Å². The number of rotatable bonds is 3. The largest absolute Gasteiger partial charge is 0.494 e. The molecule has 3 amide bonds. The Morgan fingerprint density at radius 1 is 1.50 bits per heavy atom. The van der Waals surface area contributed by atoms with Crippen LogP contribution < -0.4 is 15.8 Å². The van der Waals surface area contributed by atoms with Crippen molar-refractivity contribution in [2.75, 3.05) is 25.5 Å². The average Bonchev–Trinajstić information content (AvgIpc) is 3.13. The predicted octanol–water partition coefficient (Wildman–Crippen LogP) is 1.64. The number of nitrogens with zero attached hydrogens (tertiary/aromatic N) is 2. The highest BCUT2D eigenvalue weighted by Crippen LogP contribution is 2.32. The highest BCUT2D eigenvalue weighted by Gasteiger charge is 2.30. The van der Waals surface area contributed by atoms with E-state index in [1.807, 2.05) is 18.2 Å². The molecule has 0 radical (unpaired) electrons. The first kappa shape index (κ1) is 14.6. The lowest BCUT2D eigenvalue weighted by Gasteiger charge is -2.15. The minimum Gasteiger partial charge on any atom is -0.494 e. The number of anilines is 1. The van der Waals surface area contributed by atoms with E-state index in [-0.39, 0.29) is 17.9 Å². The molecule has 1 aromatic carbocycles. The molecule has 1 aliphatic rings. The lowest BCUT2D eigenvalue weighted by atomic mass is 10.1. The number of thiazole rings is 1. The highest BCUT2D eigenvalue weighted by molar-refractivity contribution is 7.22. The SMILES string of the molecule is COc1cccc2sc(NC(=O)N3CC[C@H](C(N)=O)C3)nc12. The number of methoxy groups -OCH3 is 1. The van der Waals surface area contributed by atoms with Gasteiger partial charge in [0.25, 0.3) is 0 Å². The minimum absolute atomic E-state index is 0.262. The van der Waals surface area contributed by atoms with Crippen LogP contribution in [0.3, 0.4) is 0 Å². The van der Waals surface area contributed by atoms with Gasteiger partial charge in [0.15, 0.2) is 5.13 Å². The third-order valence-electron chi connectivity index (χ3n) is 3.69. The van der Waals surface area contributed by atoms with Gasteiger partial charge in [0, 0.05) is 13.1 Å². The quantitative estimate of drug-likeness (QED) is 0.898. The molecule has 2 aromatic rings. The molecule has 0 saturated carbocycles. The van der Waals surface area contributed by atoms with Crippen LogP contribution in [0.4, 0.5) is 9.93 Å². The van der Waals surface area contributed by atoms with Gasteiger partial charge in [0.2, 0.25) is 5.91 Å². The van der Waals surface area contributed by atoms with E-state index in [0.29, 0.717) is 30.4 Å². The number of carbonyl (C=O) groups excluding carboxylic acids is 2. The summed E-state index contributed by atoms with van der Waals surface area (Å²) in [4.78, 5) is 29.3. The van der Waals surface area contributed by atoms with Gasteiger partial charge < -0.3 is 15.4 Å². The molecule has 1 aromatic heterocycles. The molecule has 1 aliphatic heterocycles. The van der Waals surface area contributed by atoms with Crippen LogP contribution in [0.5, 0.6) is 5.75 Å². The van der Waals surface area contributed by atoms with Gasteiger partial charge in [-0.1, -0.05) is 17.4 Å². The van der Waals surface area contributed by atoms with Crippen LogP contribution in [0.2, 0.25) is 0 Å². The van der Waals surface area contributed by atoms with E-state index >= 15 is 0 Å². The lowest BCUT2D eigenvalue weighted by molar-refractivity contribution is -0.121. The average molecular weight is 320 g/mol. The number of fused-ring (bicyclic) bond motifs is 1. The normalized spacial score (nSPS) is 17.7. The van der Waals surface area contributed by atoms with Crippen molar-refractivity contribution >= 4 is 38.6 Å². The molecule has 0 bridgehead atoms. The van der Waals surface area contributed by atoms with Gasteiger partial charge in [-0.2, -0.15) is 0 Å². The molecule has 22 heavy (non-hydrogen) atoms. The van der Waals surface area contributed by atoms with Crippen molar-refractivity contribution in [3.63, 3.8) is 0 Å². The minimum atomic E-state index is -0.361. The topological polar surface area (TPSA) is 97.5 Å². The number of ether oxygens (including phenoxy) is 1. The van der Waals surface area contributed by atoms with E-state index in [4.69, 9.17) is 10.5 Å². The zero-order chi connectivity index (χ0) is 15.7. The molecule has 0 unspecified atom stereocenters. The maximum Gasteiger partial charge on any atom is 0.323 e. The number of hydrogen-bond donors (Lipinski definition) is 2. The molecule has 2 heterocycles. The second-order valence-corrected chi connectivity index (χ2v) is 6.12. The molecule has 116 valence electrons. The summed E-state index contributed by atoms with van der Waals surface area (Å²) < 4.78 is 6.19. The van der Waals surface area contributed by atoms with Gasteiger partial charge >= 0.3 is 6.03 Å². The Bertz CT molecular complexity index is 730. The number of carbonyl (C=O) groups is 2. The van der Waals surface area contributed by atoms with Crippen molar-refractivity contribution in [2.24, 2.45) is 11.7 Å². The van der Waals surface area contributed by atoms with E-state index in [2.05, 4.69) is 10.3 Å². The Morgan fingerprint density at radius 2 is 2.32 bits per heavy atom. The Balaban J connectivity index is 1.73. The second kappa shape index (κ2) is 5.80. The Labute approximate surface area is 131 Å². The van der Waals surface area contributed by atoms with Crippen LogP contribution in [-0.2, 0) is 4.79 Å². The molecular weight excluding hydrogens is 304 g/mol. The molecule has 1 saturated heterocycles. The summed E-state index contributed by atoms with van der Waals surface area (Å²) in [5, 5.41) is 3.28. The number of aromatic nitrogens is 1. The first-order valence-electron chi connectivity index (χ1n) is 6.87.